The van der Waals surface area contributed by atoms with Gasteiger partial charge in [0, 0.05) is 10.5 Å². The molecule has 0 bridgehead atoms. The standard InChI is InChI=1S/C15H19Br2N3/c1-4-13(18)15(11-6-5-7-12(16)8-11)20-10(3)14(17)9(2)19-20/h5-8,13,15H,4,18H2,1-3H3. The van der Waals surface area contributed by atoms with Gasteiger partial charge in [0.2, 0.25) is 0 Å². The molecule has 0 amide bonds. The highest BCUT2D eigenvalue weighted by Gasteiger charge is 2.24. The Morgan fingerprint density at radius 1 is 1.30 bits per heavy atom. The summed E-state index contributed by atoms with van der Waals surface area (Å²) >= 11 is 7.13. The molecule has 2 unspecified atom stereocenters. The minimum atomic E-state index is 0.0224. The van der Waals surface area contributed by atoms with E-state index in [1.54, 1.807) is 0 Å². The molecule has 5 heteroatoms. The van der Waals surface area contributed by atoms with Gasteiger partial charge in [-0.3, -0.25) is 4.68 Å². The van der Waals surface area contributed by atoms with Crippen LogP contribution in [0.2, 0.25) is 0 Å². The SMILES string of the molecule is CCC(N)C(c1cccc(Br)c1)n1nc(C)c(Br)c1C. The van der Waals surface area contributed by atoms with E-state index in [4.69, 9.17) is 5.73 Å². The van der Waals surface area contributed by atoms with Crippen molar-refractivity contribution >= 4 is 31.9 Å². The molecule has 1 aromatic heterocycles. The van der Waals surface area contributed by atoms with Gasteiger partial charge in [-0.1, -0.05) is 35.0 Å². The molecule has 3 nitrogen and oxygen atoms in total. The number of rotatable bonds is 4. The summed E-state index contributed by atoms with van der Waals surface area (Å²) in [6, 6.07) is 8.35. The Hall–Kier alpha value is -0.650. The van der Waals surface area contributed by atoms with Crippen LogP contribution in [0, 0.1) is 13.8 Å². The number of hydrogen-bond acceptors (Lipinski definition) is 2. The molecule has 0 radical (unpaired) electrons. The zero-order chi connectivity index (χ0) is 14.9. The molecule has 2 aromatic rings. The molecule has 2 rings (SSSR count). The number of hydrogen-bond donors (Lipinski definition) is 1. The Bertz CT molecular complexity index is 607. The average Bonchev–Trinajstić information content (AvgIpc) is 2.67. The second kappa shape index (κ2) is 6.41. The van der Waals surface area contributed by atoms with Crippen LogP contribution in [0.1, 0.15) is 36.3 Å². The Kier molecular flexibility index (Phi) is 5.04. The summed E-state index contributed by atoms with van der Waals surface area (Å²) in [6.07, 6.45) is 0.896. The van der Waals surface area contributed by atoms with E-state index in [0.717, 1.165) is 26.8 Å². The molecular weight excluding hydrogens is 382 g/mol. The number of aryl methyl sites for hydroxylation is 1. The first-order valence-corrected chi connectivity index (χ1v) is 8.26. The summed E-state index contributed by atoms with van der Waals surface area (Å²) in [5.74, 6) is 0. The van der Waals surface area contributed by atoms with E-state index in [-0.39, 0.29) is 12.1 Å². The van der Waals surface area contributed by atoms with Gasteiger partial charge in [0.15, 0.2) is 0 Å². The summed E-state index contributed by atoms with van der Waals surface area (Å²) < 4.78 is 4.15. The van der Waals surface area contributed by atoms with E-state index in [1.165, 1.54) is 5.56 Å². The predicted molar refractivity (Wildman–Crippen MR) is 89.9 cm³/mol. The van der Waals surface area contributed by atoms with Crippen LogP contribution in [0.3, 0.4) is 0 Å². The minimum Gasteiger partial charge on any atom is -0.326 e. The molecule has 20 heavy (non-hydrogen) atoms. The molecule has 2 atom stereocenters. The van der Waals surface area contributed by atoms with Crippen LogP contribution in [0.15, 0.2) is 33.2 Å². The van der Waals surface area contributed by atoms with Crippen molar-refractivity contribution in [1.29, 1.82) is 0 Å². The molecule has 0 aliphatic carbocycles. The second-order valence-corrected chi connectivity index (χ2v) is 6.71. The predicted octanol–water partition coefficient (Wildman–Crippen LogP) is 4.35. The van der Waals surface area contributed by atoms with E-state index in [9.17, 15) is 0 Å². The maximum Gasteiger partial charge on any atom is 0.0923 e. The van der Waals surface area contributed by atoms with Crippen LogP contribution in [-0.2, 0) is 0 Å². The van der Waals surface area contributed by atoms with Crippen molar-refractivity contribution < 1.29 is 0 Å². The van der Waals surface area contributed by atoms with E-state index in [0.29, 0.717) is 0 Å². The third-order valence-electron chi connectivity index (χ3n) is 3.57. The Morgan fingerprint density at radius 3 is 2.50 bits per heavy atom. The molecule has 108 valence electrons. The van der Waals surface area contributed by atoms with E-state index in [2.05, 4.69) is 62.9 Å². The Balaban J connectivity index is 2.56. The van der Waals surface area contributed by atoms with Crippen molar-refractivity contribution in [3.63, 3.8) is 0 Å². The van der Waals surface area contributed by atoms with E-state index in [1.807, 2.05) is 23.7 Å². The first kappa shape index (κ1) is 15.7. The quantitative estimate of drug-likeness (QED) is 0.828. The van der Waals surface area contributed by atoms with Gasteiger partial charge in [-0.2, -0.15) is 5.10 Å². The monoisotopic (exact) mass is 399 g/mol. The molecule has 1 heterocycles. The Labute approximate surface area is 136 Å². The fourth-order valence-electron chi connectivity index (χ4n) is 2.40. The lowest BCUT2D eigenvalue weighted by Crippen LogP contribution is -2.33. The average molecular weight is 401 g/mol. The zero-order valence-corrected chi connectivity index (χ0v) is 15.1. The molecule has 0 aliphatic heterocycles. The van der Waals surface area contributed by atoms with Gasteiger partial charge >= 0.3 is 0 Å². The second-order valence-electron chi connectivity index (χ2n) is 5.00. The topological polar surface area (TPSA) is 43.8 Å². The highest BCUT2D eigenvalue weighted by atomic mass is 79.9. The maximum atomic E-state index is 6.37. The lowest BCUT2D eigenvalue weighted by Gasteiger charge is -2.25. The van der Waals surface area contributed by atoms with Crippen molar-refractivity contribution in [2.75, 3.05) is 0 Å². The minimum absolute atomic E-state index is 0.0224. The summed E-state index contributed by atoms with van der Waals surface area (Å²) in [6.45, 7) is 6.18. The molecule has 0 fully saturated rings. The largest absolute Gasteiger partial charge is 0.326 e. The van der Waals surface area contributed by atoms with Crippen LogP contribution in [0.25, 0.3) is 0 Å². The van der Waals surface area contributed by atoms with Crippen LogP contribution >= 0.6 is 31.9 Å². The fraction of sp³-hybridized carbons (Fsp3) is 0.400. The van der Waals surface area contributed by atoms with Crippen molar-refractivity contribution in [1.82, 2.24) is 9.78 Å². The first-order chi connectivity index (χ1) is 9.45. The normalized spacial score (nSPS) is 14.3. The molecule has 0 saturated carbocycles. The zero-order valence-electron chi connectivity index (χ0n) is 11.9. The summed E-state index contributed by atoms with van der Waals surface area (Å²) in [5, 5.41) is 4.66. The van der Waals surface area contributed by atoms with Gasteiger partial charge in [-0.25, -0.2) is 0 Å². The van der Waals surface area contributed by atoms with Crippen LogP contribution in [0.4, 0.5) is 0 Å². The summed E-state index contributed by atoms with van der Waals surface area (Å²) in [4.78, 5) is 0. The summed E-state index contributed by atoms with van der Waals surface area (Å²) in [5.41, 5.74) is 9.64. The number of benzene rings is 1. The smallest absolute Gasteiger partial charge is 0.0923 e. The molecule has 1 aromatic carbocycles. The highest BCUT2D eigenvalue weighted by molar-refractivity contribution is 9.10. The third-order valence-corrected chi connectivity index (χ3v) is 5.21. The van der Waals surface area contributed by atoms with Gasteiger partial charge in [0.1, 0.15) is 0 Å². The number of nitrogens with two attached hydrogens (primary N) is 1. The van der Waals surface area contributed by atoms with E-state index >= 15 is 0 Å². The summed E-state index contributed by atoms with van der Waals surface area (Å²) in [7, 11) is 0. The van der Waals surface area contributed by atoms with Crippen LogP contribution in [0.5, 0.6) is 0 Å². The molecule has 0 spiro atoms. The maximum absolute atomic E-state index is 6.37. The third kappa shape index (κ3) is 3.00. The van der Waals surface area contributed by atoms with Gasteiger partial charge in [-0.05, 0) is 53.9 Å². The van der Waals surface area contributed by atoms with Gasteiger partial charge in [0.25, 0.3) is 0 Å². The molecule has 2 N–H and O–H groups in total. The van der Waals surface area contributed by atoms with Gasteiger partial charge in [0.05, 0.1) is 21.9 Å². The molecule has 0 saturated heterocycles. The lowest BCUT2D eigenvalue weighted by atomic mass is 9.98. The van der Waals surface area contributed by atoms with Crippen molar-refractivity contribution in [2.24, 2.45) is 5.73 Å². The van der Waals surface area contributed by atoms with Crippen molar-refractivity contribution in [2.45, 2.75) is 39.3 Å². The van der Waals surface area contributed by atoms with Gasteiger partial charge in [-0.15, -0.1) is 0 Å². The fourth-order valence-corrected chi connectivity index (χ4v) is 3.08. The highest BCUT2D eigenvalue weighted by Crippen LogP contribution is 2.30. The van der Waals surface area contributed by atoms with Crippen LogP contribution < -0.4 is 5.73 Å². The molecular formula is C15H19Br2N3. The van der Waals surface area contributed by atoms with Gasteiger partial charge < -0.3 is 5.73 Å². The number of halogens is 2. The molecule has 0 aliphatic rings. The first-order valence-electron chi connectivity index (χ1n) is 6.68. The number of aromatic nitrogens is 2. The lowest BCUT2D eigenvalue weighted by molar-refractivity contribution is 0.415. The Morgan fingerprint density at radius 2 is 2.00 bits per heavy atom. The van der Waals surface area contributed by atoms with E-state index < -0.39 is 0 Å². The van der Waals surface area contributed by atoms with Crippen molar-refractivity contribution in [3.05, 3.63) is 50.2 Å². The van der Waals surface area contributed by atoms with Crippen molar-refractivity contribution in [3.8, 4) is 0 Å². The number of nitrogens with zero attached hydrogens (tertiary/aromatic N) is 2. The van der Waals surface area contributed by atoms with Crippen LogP contribution in [-0.4, -0.2) is 15.8 Å².